The number of nitrogen functional groups attached to an aromatic ring is 1. The number of hydrogen-bond acceptors (Lipinski definition) is 7. The molecule has 0 fully saturated rings. The van der Waals surface area contributed by atoms with Gasteiger partial charge in [0.05, 0.1) is 36.5 Å². The van der Waals surface area contributed by atoms with Crippen LogP contribution in [0.4, 0.5) is 22.0 Å². The smallest absolute Gasteiger partial charge is 0.345 e. The monoisotopic (exact) mass is 530 g/mol. The molecule has 3 amide bonds. The average molecular weight is 531 g/mol. The van der Waals surface area contributed by atoms with E-state index in [2.05, 4.69) is 15.6 Å². The van der Waals surface area contributed by atoms with Crippen molar-refractivity contribution in [2.75, 3.05) is 37.6 Å². The number of methoxy groups -OCH3 is 1. The van der Waals surface area contributed by atoms with E-state index in [1.807, 2.05) is 59.5 Å². The van der Waals surface area contributed by atoms with Crippen molar-refractivity contribution in [2.24, 2.45) is 7.05 Å². The van der Waals surface area contributed by atoms with Gasteiger partial charge in [-0.15, -0.1) is 11.3 Å². The minimum Gasteiger partial charge on any atom is -0.495 e. The molecule has 0 bridgehead atoms. The number of nitrogens with zero attached hydrogens (tertiary/aromatic N) is 3. The van der Waals surface area contributed by atoms with Gasteiger partial charge >= 0.3 is 6.03 Å². The van der Waals surface area contributed by atoms with Crippen molar-refractivity contribution in [3.05, 3.63) is 65.8 Å². The number of urea groups is 1. The second-order valence-electron chi connectivity index (χ2n) is 8.54. The molecule has 0 spiro atoms. The van der Waals surface area contributed by atoms with Crippen molar-refractivity contribution in [1.82, 2.24) is 14.6 Å². The van der Waals surface area contributed by atoms with Gasteiger partial charge in [0.25, 0.3) is 5.91 Å². The molecule has 5 aromatic rings. The van der Waals surface area contributed by atoms with Crippen molar-refractivity contribution >= 4 is 61.5 Å². The summed E-state index contributed by atoms with van der Waals surface area (Å²) >= 11 is 1.43. The number of hydrogen-bond donors (Lipinski definition) is 3. The normalized spacial score (nSPS) is 11.1. The lowest BCUT2D eigenvalue weighted by Gasteiger charge is -2.15. The van der Waals surface area contributed by atoms with Crippen LogP contribution in [0.1, 0.15) is 10.5 Å². The maximum absolute atomic E-state index is 13.1. The van der Waals surface area contributed by atoms with Crippen LogP contribution >= 0.6 is 11.3 Å². The summed E-state index contributed by atoms with van der Waals surface area (Å²) in [6.07, 6.45) is 1.52. The van der Waals surface area contributed by atoms with Crippen molar-refractivity contribution in [2.45, 2.75) is 0 Å². The average Bonchev–Trinajstić information content (AvgIpc) is 3.53. The number of ether oxygens (including phenoxy) is 1. The molecular weight excluding hydrogens is 504 g/mol. The molecule has 3 heterocycles. The number of carbonyl (C=O) groups excluding carboxylic acids is 2. The Kier molecular flexibility index (Phi) is 6.62. The number of nitrogens with two attached hydrogens (primary N) is 1. The topological polar surface area (TPSA) is 124 Å². The van der Waals surface area contributed by atoms with Crippen LogP contribution in [0.3, 0.4) is 0 Å². The summed E-state index contributed by atoms with van der Waals surface area (Å²) < 4.78 is 8.26. The molecule has 0 saturated heterocycles. The highest BCUT2D eigenvalue weighted by molar-refractivity contribution is 7.18. The van der Waals surface area contributed by atoms with Gasteiger partial charge < -0.3 is 25.7 Å². The zero-order valence-electron chi connectivity index (χ0n) is 21.2. The van der Waals surface area contributed by atoms with Crippen LogP contribution < -0.4 is 21.1 Å². The molecule has 38 heavy (non-hydrogen) atoms. The lowest BCUT2D eigenvalue weighted by molar-refractivity contribution is -0.0598. The quantitative estimate of drug-likeness (QED) is 0.255. The van der Waals surface area contributed by atoms with Crippen molar-refractivity contribution in [1.29, 1.82) is 0 Å². The van der Waals surface area contributed by atoms with E-state index in [-0.39, 0.29) is 5.91 Å². The minimum atomic E-state index is -0.441. The standard InChI is InChI=1S/C27H26N6O4S/c1-32-20-8-6-5-7-16(20)11-21(32)26(34)30-18-10-9-15(12-22(18)36-3)17-14-38-24-19(13-29-25(28)23(17)24)31-27(35)33(2)37-4/h5-14H,1-4H3,(H2,28,29)(H,30,34)(H,31,35). The number of carbonyl (C=O) groups is 2. The fourth-order valence-corrected chi connectivity index (χ4v) is 5.35. The van der Waals surface area contributed by atoms with Crippen LogP contribution in [-0.4, -0.2) is 47.8 Å². The fraction of sp³-hybridized carbons (Fsp3) is 0.148. The van der Waals surface area contributed by atoms with E-state index >= 15 is 0 Å². The molecule has 0 saturated carbocycles. The molecule has 0 radical (unpaired) electrons. The number of anilines is 3. The summed E-state index contributed by atoms with van der Waals surface area (Å²) in [7, 11) is 6.32. The lowest BCUT2D eigenvalue weighted by atomic mass is 10.0. The first kappa shape index (κ1) is 25.1. The number of pyridine rings is 1. The van der Waals surface area contributed by atoms with Crippen molar-refractivity contribution in [3.8, 4) is 16.9 Å². The maximum atomic E-state index is 13.1. The summed E-state index contributed by atoms with van der Waals surface area (Å²) in [5.74, 6) is 0.582. The minimum absolute atomic E-state index is 0.245. The van der Waals surface area contributed by atoms with Gasteiger partial charge in [-0.1, -0.05) is 24.3 Å². The number of thiophene rings is 1. The first-order chi connectivity index (χ1) is 18.3. The third kappa shape index (κ3) is 4.38. The third-order valence-electron chi connectivity index (χ3n) is 6.37. The van der Waals surface area contributed by atoms with Crippen LogP contribution in [0.2, 0.25) is 0 Å². The SMILES string of the molecule is COc1cc(-c2csc3c(NC(=O)N(C)OC)cnc(N)c23)ccc1NC(=O)c1cc2ccccc2n1C. The zero-order valence-corrected chi connectivity index (χ0v) is 22.1. The number of aryl methyl sites for hydroxylation is 1. The van der Waals surface area contributed by atoms with Crippen LogP contribution in [-0.2, 0) is 11.9 Å². The summed E-state index contributed by atoms with van der Waals surface area (Å²) in [4.78, 5) is 34.7. The molecule has 0 aliphatic rings. The van der Waals surface area contributed by atoms with Crippen molar-refractivity contribution in [3.63, 3.8) is 0 Å². The molecule has 0 atom stereocenters. The van der Waals surface area contributed by atoms with Crippen LogP contribution in [0.25, 0.3) is 32.1 Å². The molecule has 4 N–H and O–H groups in total. The Morgan fingerprint density at radius 1 is 1.08 bits per heavy atom. The molecule has 194 valence electrons. The molecule has 11 heteroatoms. The number of aromatic nitrogens is 2. The number of fused-ring (bicyclic) bond motifs is 2. The number of para-hydroxylation sites is 1. The highest BCUT2D eigenvalue weighted by Gasteiger charge is 2.19. The van der Waals surface area contributed by atoms with Crippen molar-refractivity contribution < 1.29 is 19.2 Å². The van der Waals surface area contributed by atoms with E-state index < -0.39 is 6.03 Å². The second-order valence-corrected chi connectivity index (χ2v) is 9.42. The molecule has 2 aromatic carbocycles. The van der Waals surface area contributed by atoms with Gasteiger partial charge in [0.1, 0.15) is 17.3 Å². The summed E-state index contributed by atoms with van der Waals surface area (Å²) in [6, 6.07) is 14.8. The Labute approximate surface area is 222 Å². The molecule has 0 aliphatic heterocycles. The summed E-state index contributed by atoms with van der Waals surface area (Å²) in [6.45, 7) is 0. The Hall–Kier alpha value is -4.61. The molecular formula is C27H26N6O4S. The second kappa shape index (κ2) is 10.0. The Morgan fingerprint density at radius 2 is 1.87 bits per heavy atom. The Balaban J connectivity index is 1.47. The molecule has 10 nitrogen and oxygen atoms in total. The number of nitrogens with one attached hydrogen (secondary N) is 2. The van der Waals surface area contributed by atoms with Gasteiger partial charge in [-0.05, 0) is 29.8 Å². The van der Waals surface area contributed by atoms with Gasteiger partial charge in [0.2, 0.25) is 0 Å². The fourth-order valence-electron chi connectivity index (χ4n) is 4.30. The van der Waals surface area contributed by atoms with Gasteiger partial charge in [-0.25, -0.2) is 14.8 Å². The summed E-state index contributed by atoms with van der Waals surface area (Å²) in [5, 5.41) is 10.5. The van der Waals surface area contributed by atoms with E-state index in [0.717, 1.165) is 31.8 Å². The number of benzene rings is 2. The van der Waals surface area contributed by atoms with Gasteiger partial charge in [0.15, 0.2) is 0 Å². The van der Waals surface area contributed by atoms with E-state index in [4.69, 9.17) is 15.3 Å². The van der Waals surface area contributed by atoms with Gasteiger partial charge in [0, 0.05) is 41.3 Å². The molecule has 0 aliphatic carbocycles. The third-order valence-corrected chi connectivity index (χ3v) is 7.38. The van der Waals surface area contributed by atoms with E-state index in [1.54, 1.807) is 13.2 Å². The Bertz CT molecular complexity index is 1690. The highest BCUT2D eigenvalue weighted by Crippen LogP contribution is 2.42. The Morgan fingerprint density at radius 3 is 2.61 bits per heavy atom. The van der Waals surface area contributed by atoms with E-state index in [9.17, 15) is 9.59 Å². The molecule has 5 rings (SSSR count). The predicted octanol–water partition coefficient (Wildman–Crippen LogP) is 5.32. The molecule has 3 aromatic heterocycles. The maximum Gasteiger partial charge on any atom is 0.345 e. The van der Waals surface area contributed by atoms with E-state index in [0.29, 0.717) is 34.0 Å². The van der Waals surface area contributed by atoms with Crippen LogP contribution in [0.5, 0.6) is 5.75 Å². The highest BCUT2D eigenvalue weighted by atomic mass is 32.1. The molecule has 0 unspecified atom stereocenters. The number of rotatable bonds is 6. The number of hydroxylamine groups is 2. The first-order valence-electron chi connectivity index (χ1n) is 11.6. The zero-order chi connectivity index (χ0) is 27.0. The largest absolute Gasteiger partial charge is 0.495 e. The van der Waals surface area contributed by atoms with Gasteiger partial charge in [-0.3, -0.25) is 9.63 Å². The van der Waals surface area contributed by atoms with Crippen LogP contribution in [0.15, 0.2) is 60.1 Å². The van der Waals surface area contributed by atoms with Gasteiger partial charge in [-0.2, -0.15) is 0 Å². The lowest BCUT2D eigenvalue weighted by Crippen LogP contribution is -2.30. The summed E-state index contributed by atoms with van der Waals surface area (Å²) in [5.41, 5.74) is 10.5. The number of amides is 3. The van der Waals surface area contributed by atoms with E-state index in [1.165, 1.54) is 31.7 Å². The predicted molar refractivity (Wildman–Crippen MR) is 151 cm³/mol. The van der Waals surface area contributed by atoms with Crippen LogP contribution in [0, 0.1) is 0 Å². The first-order valence-corrected chi connectivity index (χ1v) is 12.5.